The van der Waals surface area contributed by atoms with E-state index in [1.165, 1.54) is 6.08 Å². The van der Waals surface area contributed by atoms with E-state index < -0.39 is 40.8 Å². The summed E-state index contributed by atoms with van der Waals surface area (Å²) in [6, 6.07) is 6.59. The van der Waals surface area contributed by atoms with Crippen LogP contribution in [0.4, 0.5) is 22.0 Å². The van der Waals surface area contributed by atoms with Crippen LogP contribution in [0, 0.1) is 29.1 Å². The third kappa shape index (κ3) is 3.76. The highest BCUT2D eigenvalue weighted by Gasteiger charge is 2.28. The molecule has 0 unspecified atom stereocenters. The molecule has 0 atom stereocenters. The Labute approximate surface area is 135 Å². The number of rotatable bonds is 3. The maximum atomic E-state index is 13.3. The number of esters is 1. The highest BCUT2D eigenvalue weighted by molar-refractivity contribution is 9.10. The number of carbonyl (C=O) groups is 1. The lowest BCUT2D eigenvalue weighted by molar-refractivity contribution is -0.129. The van der Waals surface area contributed by atoms with E-state index >= 15 is 0 Å². The average molecular weight is 393 g/mol. The predicted molar refractivity (Wildman–Crippen MR) is 75.0 cm³/mol. The van der Waals surface area contributed by atoms with E-state index in [0.29, 0.717) is 5.56 Å². The van der Waals surface area contributed by atoms with E-state index in [1.807, 2.05) is 0 Å². The SMILES string of the molecule is O=C(/C=C/c1ccc(Br)cc1)Oc1c(F)c(F)c(F)c(F)c1F. The molecule has 0 bridgehead atoms. The van der Waals surface area contributed by atoms with Crippen molar-refractivity contribution in [1.29, 1.82) is 0 Å². The van der Waals surface area contributed by atoms with Gasteiger partial charge in [-0.15, -0.1) is 0 Å². The fraction of sp³-hybridized carbons (Fsp3) is 0. The van der Waals surface area contributed by atoms with Gasteiger partial charge in [-0.1, -0.05) is 28.1 Å². The summed E-state index contributed by atoms with van der Waals surface area (Å²) in [6.45, 7) is 0. The molecule has 120 valence electrons. The molecule has 2 nitrogen and oxygen atoms in total. The Bertz CT molecular complexity index is 758. The van der Waals surface area contributed by atoms with Crippen LogP contribution in [0.3, 0.4) is 0 Å². The summed E-state index contributed by atoms with van der Waals surface area (Å²) in [5.74, 6) is -14.1. The molecule has 2 rings (SSSR count). The number of ether oxygens (including phenoxy) is 1. The first-order valence-corrected chi connectivity index (χ1v) is 6.77. The highest BCUT2D eigenvalue weighted by Crippen LogP contribution is 2.29. The van der Waals surface area contributed by atoms with Crippen molar-refractivity contribution in [3.05, 3.63) is 69.5 Å². The quantitative estimate of drug-likeness (QED) is 0.188. The van der Waals surface area contributed by atoms with Gasteiger partial charge >= 0.3 is 5.97 Å². The van der Waals surface area contributed by atoms with Crippen molar-refractivity contribution in [3.63, 3.8) is 0 Å². The monoisotopic (exact) mass is 392 g/mol. The van der Waals surface area contributed by atoms with Gasteiger partial charge in [0.15, 0.2) is 0 Å². The van der Waals surface area contributed by atoms with Crippen LogP contribution in [0.25, 0.3) is 6.08 Å². The number of benzene rings is 2. The highest BCUT2D eigenvalue weighted by atomic mass is 79.9. The van der Waals surface area contributed by atoms with Gasteiger partial charge < -0.3 is 4.74 Å². The van der Waals surface area contributed by atoms with Crippen LogP contribution in [-0.2, 0) is 4.79 Å². The van der Waals surface area contributed by atoms with Crippen LogP contribution in [0.15, 0.2) is 34.8 Å². The van der Waals surface area contributed by atoms with Crippen molar-refractivity contribution in [3.8, 4) is 5.75 Å². The third-order valence-electron chi connectivity index (χ3n) is 2.65. The van der Waals surface area contributed by atoms with E-state index in [1.54, 1.807) is 24.3 Å². The zero-order valence-electron chi connectivity index (χ0n) is 11.0. The molecule has 23 heavy (non-hydrogen) atoms. The minimum Gasteiger partial charge on any atom is -0.417 e. The van der Waals surface area contributed by atoms with Gasteiger partial charge in [0, 0.05) is 10.5 Å². The number of carbonyl (C=O) groups excluding carboxylic acids is 1. The second-order valence-corrected chi connectivity index (χ2v) is 5.12. The van der Waals surface area contributed by atoms with E-state index in [9.17, 15) is 26.7 Å². The number of halogens is 6. The Kier molecular flexibility index (Phi) is 5.15. The first kappa shape index (κ1) is 17.1. The Morgan fingerprint density at radius 1 is 0.870 bits per heavy atom. The molecular formula is C15H6BrF5O2. The minimum atomic E-state index is -2.33. The summed E-state index contributed by atoms with van der Waals surface area (Å²) >= 11 is 3.20. The molecule has 2 aromatic carbocycles. The molecule has 0 aliphatic heterocycles. The zero-order chi connectivity index (χ0) is 17.1. The van der Waals surface area contributed by atoms with Crippen LogP contribution in [0.5, 0.6) is 5.75 Å². The molecule has 2 aromatic rings. The van der Waals surface area contributed by atoms with Crippen molar-refractivity contribution >= 4 is 28.0 Å². The Hall–Kier alpha value is -2.22. The lowest BCUT2D eigenvalue weighted by Crippen LogP contribution is -2.11. The Balaban J connectivity index is 2.22. The van der Waals surface area contributed by atoms with Gasteiger partial charge in [0.05, 0.1) is 0 Å². The first-order valence-electron chi connectivity index (χ1n) is 5.98. The first-order chi connectivity index (χ1) is 10.8. The molecule has 0 aliphatic rings. The number of hydrogen-bond donors (Lipinski definition) is 0. The molecule has 0 N–H and O–H groups in total. The summed E-state index contributed by atoms with van der Waals surface area (Å²) in [5, 5.41) is 0. The van der Waals surface area contributed by atoms with Crippen molar-refractivity contribution in [2.75, 3.05) is 0 Å². The Morgan fingerprint density at radius 2 is 1.35 bits per heavy atom. The van der Waals surface area contributed by atoms with Crippen molar-refractivity contribution in [1.82, 2.24) is 0 Å². The van der Waals surface area contributed by atoms with Gasteiger partial charge in [0.25, 0.3) is 0 Å². The van der Waals surface area contributed by atoms with Crippen LogP contribution < -0.4 is 4.74 Å². The molecule has 0 amide bonds. The van der Waals surface area contributed by atoms with Gasteiger partial charge in [-0.2, -0.15) is 8.78 Å². The lowest BCUT2D eigenvalue weighted by Gasteiger charge is -2.07. The van der Waals surface area contributed by atoms with E-state index in [4.69, 9.17) is 0 Å². The molecule has 0 aliphatic carbocycles. The third-order valence-corrected chi connectivity index (χ3v) is 3.18. The van der Waals surface area contributed by atoms with Crippen LogP contribution in [-0.4, -0.2) is 5.97 Å². The lowest BCUT2D eigenvalue weighted by atomic mass is 10.2. The zero-order valence-corrected chi connectivity index (χ0v) is 12.6. The van der Waals surface area contributed by atoms with E-state index in [-0.39, 0.29) is 0 Å². The summed E-state index contributed by atoms with van der Waals surface area (Å²) in [7, 11) is 0. The smallest absolute Gasteiger partial charge is 0.336 e. The topological polar surface area (TPSA) is 26.3 Å². The van der Waals surface area contributed by atoms with Gasteiger partial charge in [-0.25, -0.2) is 18.0 Å². The van der Waals surface area contributed by atoms with Gasteiger partial charge in [0.2, 0.25) is 34.8 Å². The van der Waals surface area contributed by atoms with Gasteiger partial charge in [-0.05, 0) is 23.8 Å². The summed E-state index contributed by atoms with van der Waals surface area (Å²) in [6.07, 6.45) is 2.04. The average Bonchev–Trinajstić information content (AvgIpc) is 2.54. The fourth-order valence-electron chi connectivity index (χ4n) is 1.55. The maximum absolute atomic E-state index is 13.3. The van der Waals surface area contributed by atoms with E-state index in [0.717, 1.165) is 10.5 Å². The molecule has 0 fully saturated rings. The molecule has 0 radical (unpaired) electrons. The summed E-state index contributed by atoms with van der Waals surface area (Å²) in [4.78, 5) is 11.5. The molecule has 8 heteroatoms. The fourth-order valence-corrected chi connectivity index (χ4v) is 1.81. The number of hydrogen-bond acceptors (Lipinski definition) is 2. The van der Waals surface area contributed by atoms with Crippen molar-refractivity contribution in [2.24, 2.45) is 0 Å². The second kappa shape index (κ2) is 6.91. The van der Waals surface area contributed by atoms with Crippen molar-refractivity contribution < 1.29 is 31.5 Å². The summed E-state index contributed by atoms with van der Waals surface area (Å²) < 4.78 is 70.5. The predicted octanol–water partition coefficient (Wildman–Crippen LogP) is 4.76. The van der Waals surface area contributed by atoms with Crippen LogP contribution >= 0.6 is 15.9 Å². The second-order valence-electron chi connectivity index (χ2n) is 4.21. The van der Waals surface area contributed by atoms with Crippen LogP contribution in [0.2, 0.25) is 0 Å². The molecular weight excluding hydrogens is 387 g/mol. The Morgan fingerprint density at radius 3 is 1.87 bits per heavy atom. The standard InChI is InChI=1S/C15H6BrF5O2/c16-8-4-1-7(2-5-8)3-6-9(22)23-15-13(20)11(18)10(17)12(19)14(15)21/h1-6H/b6-3+. The van der Waals surface area contributed by atoms with Crippen molar-refractivity contribution in [2.45, 2.75) is 0 Å². The normalized spacial score (nSPS) is 11.0. The maximum Gasteiger partial charge on any atom is 0.336 e. The largest absolute Gasteiger partial charge is 0.417 e. The molecule has 0 heterocycles. The molecule has 0 aromatic heterocycles. The summed E-state index contributed by atoms with van der Waals surface area (Å²) in [5.41, 5.74) is 0.558. The van der Waals surface area contributed by atoms with Gasteiger partial charge in [0.1, 0.15) is 0 Å². The van der Waals surface area contributed by atoms with Crippen LogP contribution in [0.1, 0.15) is 5.56 Å². The molecule has 0 saturated carbocycles. The minimum absolute atomic E-state index is 0.558. The molecule has 0 spiro atoms. The molecule has 0 saturated heterocycles. The van der Waals surface area contributed by atoms with E-state index in [2.05, 4.69) is 20.7 Å². The van der Waals surface area contributed by atoms with Gasteiger partial charge in [-0.3, -0.25) is 0 Å².